The highest BCUT2D eigenvalue weighted by Crippen LogP contribution is 2.28. The second-order valence-electron chi connectivity index (χ2n) is 4.73. The molecule has 0 bridgehead atoms. The number of nitrogens with zero attached hydrogens (tertiary/aromatic N) is 2. The molecule has 1 atom stereocenters. The molecule has 102 valence electrons. The molecule has 0 aliphatic heterocycles. The van der Waals surface area contributed by atoms with Crippen molar-refractivity contribution in [1.29, 1.82) is 0 Å². The van der Waals surface area contributed by atoms with E-state index < -0.39 is 0 Å². The number of aryl methyl sites for hydroxylation is 1. The van der Waals surface area contributed by atoms with Crippen molar-refractivity contribution in [2.24, 2.45) is 5.73 Å². The summed E-state index contributed by atoms with van der Waals surface area (Å²) in [7, 11) is 0. The molecule has 4 heteroatoms. The molecular formula is C15H21N3S. The molecule has 2 N–H and O–H groups in total. The molecule has 3 nitrogen and oxygen atoms in total. The first-order valence-corrected chi connectivity index (χ1v) is 7.64. The normalized spacial score (nSPS) is 12.6. The molecule has 0 saturated heterocycles. The first-order chi connectivity index (χ1) is 9.13. The molecule has 19 heavy (non-hydrogen) atoms. The Morgan fingerprint density at radius 1 is 1.32 bits per heavy atom. The maximum atomic E-state index is 5.96. The van der Waals surface area contributed by atoms with Gasteiger partial charge in [0, 0.05) is 11.6 Å². The van der Waals surface area contributed by atoms with E-state index in [0.29, 0.717) is 0 Å². The molecule has 1 aromatic heterocycles. The molecule has 0 radical (unpaired) electrons. The molecule has 0 saturated carbocycles. The van der Waals surface area contributed by atoms with Crippen LogP contribution in [0.3, 0.4) is 0 Å². The van der Waals surface area contributed by atoms with Crippen molar-refractivity contribution in [2.75, 3.05) is 5.75 Å². The van der Waals surface area contributed by atoms with Gasteiger partial charge in [-0.15, -0.1) is 11.8 Å². The average molecular weight is 275 g/mol. The van der Waals surface area contributed by atoms with Crippen molar-refractivity contribution in [3.05, 3.63) is 41.6 Å². The average Bonchev–Trinajstić information content (AvgIpc) is 2.69. The van der Waals surface area contributed by atoms with Crippen molar-refractivity contribution in [2.45, 2.75) is 38.3 Å². The molecule has 2 rings (SSSR count). The van der Waals surface area contributed by atoms with E-state index in [1.165, 1.54) is 10.6 Å². The van der Waals surface area contributed by atoms with Crippen molar-refractivity contribution in [1.82, 2.24) is 9.78 Å². The summed E-state index contributed by atoms with van der Waals surface area (Å²) in [4.78, 5) is 0. The molecule has 0 fully saturated rings. The molecule has 1 aromatic carbocycles. The van der Waals surface area contributed by atoms with Crippen molar-refractivity contribution in [3.8, 4) is 5.69 Å². The van der Waals surface area contributed by atoms with E-state index in [4.69, 9.17) is 10.8 Å². The quantitative estimate of drug-likeness (QED) is 0.852. The minimum absolute atomic E-state index is 0.156. The number of benzene rings is 1. The van der Waals surface area contributed by atoms with E-state index in [2.05, 4.69) is 26.0 Å². The molecule has 1 heterocycles. The fourth-order valence-electron chi connectivity index (χ4n) is 2.12. The highest BCUT2D eigenvalue weighted by Gasteiger charge is 2.17. The zero-order valence-corrected chi connectivity index (χ0v) is 12.6. The lowest BCUT2D eigenvalue weighted by molar-refractivity contribution is 0.718. The van der Waals surface area contributed by atoms with Gasteiger partial charge in [-0.2, -0.15) is 5.10 Å². The van der Waals surface area contributed by atoms with Gasteiger partial charge in [-0.1, -0.05) is 25.1 Å². The van der Waals surface area contributed by atoms with Gasteiger partial charge in [0.05, 0.1) is 11.4 Å². The smallest absolute Gasteiger partial charge is 0.103 e. The molecule has 0 aliphatic rings. The minimum Gasteiger partial charge on any atom is -0.328 e. The summed E-state index contributed by atoms with van der Waals surface area (Å²) >= 11 is 1.83. The van der Waals surface area contributed by atoms with E-state index in [1.54, 1.807) is 0 Å². The van der Waals surface area contributed by atoms with Crippen molar-refractivity contribution < 1.29 is 0 Å². The Bertz CT molecular complexity index is 532. The minimum atomic E-state index is 0.156. The summed E-state index contributed by atoms with van der Waals surface area (Å²) in [5.41, 5.74) is 9.43. The van der Waals surface area contributed by atoms with Crippen LogP contribution in [0.4, 0.5) is 0 Å². The predicted octanol–water partition coefficient (Wildman–Crippen LogP) is 3.18. The van der Waals surface area contributed by atoms with Crippen LogP contribution < -0.4 is 5.73 Å². The second kappa shape index (κ2) is 6.26. The highest BCUT2D eigenvalue weighted by molar-refractivity contribution is 7.99. The summed E-state index contributed by atoms with van der Waals surface area (Å²) in [5.74, 6) is 1.03. The Balaban J connectivity index is 2.49. The third kappa shape index (κ3) is 3.19. The third-order valence-electron chi connectivity index (χ3n) is 2.95. The predicted molar refractivity (Wildman–Crippen MR) is 82.1 cm³/mol. The topological polar surface area (TPSA) is 43.8 Å². The Morgan fingerprint density at radius 3 is 2.58 bits per heavy atom. The highest BCUT2D eigenvalue weighted by atomic mass is 32.2. The summed E-state index contributed by atoms with van der Waals surface area (Å²) in [6, 6.07) is 10.4. The molecule has 0 spiro atoms. The first-order valence-electron chi connectivity index (χ1n) is 6.65. The lowest BCUT2D eigenvalue weighted by Gasteiger charge is -2.09. The first kappa shape index (κ1) is 14.2. The maximum Gasteiger partial charge on any atom is 0.103 e. The van der Waals surface area contributed by atoms with Gasteiger partial charge in [0.15, 0.2) is 0 Å². The third-order valence-corrected chi connectivity index (χ3v) is 3.93. The van der Waals surface area contributed by atoms with Gasteiger partial charge in [0.25, 0.3) is 0 Å². The van der Waals surface area contributed by atoms with Crippen LogP contribution in [0.2, 0.25) is 0 Å². The van der Waals surface area contributed by atoms with E-state index in [1.807, 2.05) is 41.6 Å². The van der Waals surface area contributed by atoms with Crippen LogP contribution in [-0.2, 0) is 6.42 Å². The summed E-state index contributed by atoms with van der Waals surface area (Å²) < 4.78 is 2.04. The Labute approximate surface area is 119 Å². The molecule has 1 unspecified atom stereocenters. The Morgan fingerprint density at radius 2 is 2.00 bits per heavy atom. The van der Waals surface area contributed by atoms with Gasteiger partial charge in [0.1, 0.15) is 5.03 Å². The number of aromatic nitrogens is 2. The number of thioether (sulfide) groups is 1. The van der Waals surface area contributed by atoms with Crippen LogP contribution in [0.5, 0.6) is 0 Å². The number of hydrogen-bond donors (Lipinski definition) is 1. The number of rotatable bonds is 5. The van der Waals surface area contributed by atoms with Crippen LogP contribution >= 0.6 is 11.8 Å². The zero-order valence-electron chi connectivity index (χ0n) is 11.8. The summed E-state index contributed by atoms with van der Waals surface area (Å²) in [5, 5.41) is 5.92. The summed E-state index contributed by atoms with van der Waals surface area (Å²) in [6.45, 7) is 6.27. The van der Waals surface area contributed by atoms with Crippen LogP contribution in [0.1, 0.15) is 25.1 Å². The van der Waals surface area contributed by atoms with Crippen molar-refractivity contribution in [3.63, 3.8) is 0 Å². The van der Waals surface area contributed by atoms with Crippen LogP contribution in [0.15, 0.2) is 35.4 Å². The fraction of sp³-hybridized carbons (Fsp3) is 0.400. The van der Waals surface area contributed by atoms with Gasteiger partial charge in [-0.25, -0.2) is 4.68 Å². The zero-order chi connectivity index (χ0) is 13.8. The van der Waals surface area contributed by atoms with E-state index >= 15 is 0 Å². The number of nitrogens with two attached hydrogens (primary N) is 1. The van der Waals surface area contributed by atoms with Crippen LogP contribution in [0, 0.1) is 6.92 Å². The SMILES string of the molecule is CCSc1c(CC(C)N)c(C)nn1-c1ccccc1. The van der Waals surface area contributed by atoms with Crippen LogP contribution in [-0.4, -0.2) is 21.6 Å². The molecular weight excluding hydrogens is 254 g/mol. The molecule has 0 aliphatic carbocycles. The van der Waals surface area contributed by atoms with E-state index in [0.717, 1.165) is 23.6 Å². The molecule has 2 aromatic rings. The Hall–Kier alpha value is -1.26. The maximum absolute atomic E-state index is 5.96. The van der Waals surface area contributed by atoms with Gasteiger partial charge in [-0.05, 0) is 38.2 Å². The standard InChI is InChI=1S/C15H21N3S/c1-4-19-15-14(10-11(2)16)12(3)17-18(15)13-8-6-5-7-9-13/h5-9,11H,4,10,16H2,1-3H3. The number of hydrogen-bond acceptors (Lipinski definition) is 3. The van der Waals surface area contributed by atoms with Crippen molar-refractivity contribution >= 4 is 11.8 Å². The summed E-state index contributed by atoms with van der Waals surface area (Å²) in [6.07, 6.45) is 0.876. The van der Waals surface area contributed by atoms with E-state index in [-0.39, 0.29) is 6.04 Å². The van der Waals surface area contributed by atoms with Crippen LogP contribution in [0.25, 0.3) is 5.69 Å². The van der Waals surface area contributed by atoms with Gasteiger partial charge < -0.3 is 5.73 Å². The fourth-order valence-corrected chi connectivity index (χ4v) is 3.07. The molecule has 0 amide bonds. The van der Waals surface area contributed by atoms with E-state index in [9.17, 15) is 0 Å². The van der Waals surface area contributed by atoms with Gasteiger partial charge >= 0.3 is 0 Å². The van der Waals surface area contributed by atoms with Gasteiger partial charge in [0.2, 0.25) is 0 Å². The lowest BCUT2D eigenvalue weighted by Crippen LogP contribution is -2.18. The Kier molecular flexibility index (Phi) is 4.66. The largest absolute Gasteiger partial charge is 0.328 e. The number of para-hydroxylation sites is 1. The monoisotopic (exact) mass is 275 g/mol. The second-order valence-corrected chi connectivity index (χ2v) is 5.98. The van der Waals surface area contributed by atoms with Gasteiger partial charge in [-0.3, -0.25) is 0 Å². The lowest BCUT2D eigenvalue weighted by atomic mass is 10.1.